The molecule has 0 aromatic rings. The predicted octanol–water partition coefficient (Wildman–Crippen LogP) is 3.22. The van der Waals surface area contributed by atoms with Gasteiger partial charge in [0.1, 0.15) is 0 Å². The van der Waals surface area contributed by atoms with E-state index in [1.807, 2.05) is 6.92 Å². The van der Waals surface area contributed by atoms with E-state index < -0.39 is 5.41 Å². The minimum Gasteiger partial charge on any atom is -0.465 e. The second-order valence-corrected chi connectivity index (χ2v) is 5.30. The Hall–Kier alpha value is -1.30. The van der Waals surface area contributed by atoms with Crippen LogP contribution in [0.4, 0.5) is 0 Å². The first-order chi connectivity index (χ1) is 7.92. The summed E-state index contributed by atoms with van der Waals surface area (Å²) in [4.78, 5) is 11.8. The molecule has 1 rings (SSSR count). The van der Waals surface area contributed by atoms with Gasteiger partial charge in [-0.3, -0.25) is 4.79 Å². The Morgan fingerprint density at radius 2 is 2.18 bits per heavy atom. The number of ether oxygens (including phenoxy) is 1. The number of esters is 1. The zero-order chi connectivity index (χ0) is 13.1. The van der Waals surface area contributed by atoms with Crippen molar-refractivity contribution in [3.8, 4) is 6.07 Å². The van der Waals surface area contributed by atoms with Gasteiger partial charge in [0.25, 0.3) is 0 Å². The van der Waals surface area contributed by atoms with E-state index in [0.29, 0.717) is 13.0 Å². The second kappa shape index (κ2) is 4.91. The molecule has 0 saturated heterocycles. The highest BCUT2D eigenvalue weighted by molar-refractivity contribution is 5.85. The van der Waals surface area contributed by atoms with Crippen LogP contribution in [0.1, 0.15) is 47.0 Å². The van der Waals surface area contributed by atoms with Crippen LogP contribution in [0.2, 0.25) is 0 Å². The fourth-order valence-electron chi connectivity index (χ4n) is 2.32. The number of allylic oxidation sites excluding steroid dienone is 2. The summed E-state index contributed by atoms with van der Waals surface area (Å²) in [5.41, 5.74) is 0.172. The van der Waals surface area contributed by atoms with Gasteiger partial charge in [-0.05, 0) is 45.4 Å². The molecular weight excluding hydrogens is 214 g/mol. The van der Waals surface area contributed by atoms with E-state index in [9.17, 15) is 10.1 Å². The highest BCUT2D eigenvalue weighted by Crippen LogP contribution is 2.66. The van der Waals surface area contributed by atoms with Crippen LogP contribution in [-0.2, 0) is 9.53 Å². The van der Waals surface area contributed by atoms with Crippen LogP contribution in [0.3, 0.4) is 0 Å². The zero-order valence-corrected chi connectivity index (χ0v) is 11.2. The fourth-order valence-corrected chi connectivity index (χ4v) is 2.32. The number of hydrogen-bond donors (Lipinski definition) is 0. The summed E-state index contributed by atoms with van der Waals surface area (Å²) in [5.74, 6) is -0.345. The summed E-state index contributed by atoms with van der Waals surface area (Å²) >= 11 is 0. The number of nitriles is 1. The third-order valence-corrected chi connectivity index (χ3v) is 3.62. The minimum atomic E-state index is -0.890. The molecule has 3 heteroatoms. The van der Waals surface area contributed by atoms with Gasteiger partial charge < -0.3 is 4.74 Å². The smallest absolute Gasteiger partial charge is 0.327 e. The first kappa shape index (κ1) is 13.8. The average molecular weight is 235 g/mol. The lowest BCUT2D eigenvalue weighted by molar-refractivity contribution is -0.148. The van der Waals surface area contributed by atoms with Gasteiger partial charge in [-0.2, -0.15) is 5.26 Å². The summed E-state index contributed by atoms with van der Waals surface area (Å²) in [6.07, 6.45) is 4.56. The molecule has 0 amide bonds. The predicted molar refractivity (Wildman–Crippen MR) is 66.1 cm³/mol. The standard InChI is InChI=1S/C14H21NO2/c1-5-17-12(16)14(10-15)9-13(14,4)8-6-7-11(2)3/h7H,5-6,8-9H2,1-4H3. The molecule has 0 aromatic heterocycles. The third kappa shape index (κ3) is 2.52. The van der Waals surface area contributed by atoms with Crippen molar-refractivity contribution in [1.29, 1.82) is 5.26 Å². The maximum Gasteiger partial charge on any atom is 0.327 e. The van der Waals surface area contributed by atoms with Gasteiger partial charge in [0, 0.05) is 0 Å². The molecule has 0 heterocycles. The Labute approximate surface area is 103 Å². The van der Waals surface area contributed by atoms with Crippen molar-refractivity contribution in [2.75, 3.05) is 6.61 Å². The minimum absolute atomic E-state index is 0.208. The van der Waals surface area contributed by atoms with Crippen LogP contribution in [0, 0.1) is 22.2 Å². The molecular formula is C14H21NO2. The molecule has 17 heavy (non-hydrogen) atoms. The number of carbonyl (C=O) groups excluding carboxylic acids is 1. The van der Waals surface area contributed by atoms with E-state index in [-0.39, 0.29) is 11.4 Å². The summed E-state index contributed by atoms with van der Waals surface area (Å²) in [6, 6.07) is 2.17. The molecule has 2 unspecified atom stereocenters. The maximum absolute atomic E-state index is 11.8. The van der Waals surface area contributed by atoms with Crippen molar-refractivity contribution in [2.24, 2.45) is 10.8 Å². The Kier molecular flexibility index (Phi) is 3.98. The van der Waals surface area contributed by atoms with Crippen molar-refractivity contribution in [1.82, 2.24) is 0 Å². The van der Waals surface area contributed by atoms with Crippen molar-refractivity contribution < 1.29 is 9.53 Å². The molecule has 3 nitrogen and oxygen atoms in total. The van der Waals surface area contributed by atoms with Gasteiger partial charge in [-0.25, -0.2) is 0 Å². The van der Waals surface area contributed by atoms with Gasteiger partial charge in [0.15, 0.2) is 5.41 Å². The lowest BCUT2D eigenvalue weighted by Gasteiger charge is -2.14. The number of carbonyl (C=O) groups is 1. The fraction of sp³-hybridized carbons (Fsp3) is 0.714. The maximum atomic E-state index is 11.8. The first-order valence-corrected chi connectivity index (χ1v) is 6.14. The lowest BCUT2D eigenvalue weighted by Crippen LogP contribution is -2.23. The van der Waals surface area contributed by atoms with Crippen molar-refractivity contribution in [2.45, 2.75) is 47.0 Å². The topological polar surface area (TPSA) is 50.1 Å². The van der Waals surface area contributed by atoms with Gasteiger partial charge in [0.2, 0.25) is 0 Å². The summed E-state index contributed by atoms with van der Waals surface area (Å²) in [7, 11) is 0. The van der Waals surface area contributed by atoms with Gasteiger partial charge in [-0.1, -0.05) is 18.6 Å². The van der Waals surface area contributed by atoms with Crippen LogP contribution >= 0.6 is 0 Å². The molecule has 2 atom stereocenters. The molecule has 94 valence electrons. The molecule has 0 aromatic carbocycles. The van der Waals surface area contributed by atoms with Crippen molar-refractivity contribution in [3.63, 3.8) is 0 Å². The summed E-state index contributed by atoms with van der Waals surface area (Å²) < 4.78 is 5.01. The van der Waals surface area contributed by atoms with E-state index in [1.54, 1.807) is 6.92 Å². The molecule has 0 aliphatic heterocycles. The normalized spacial score (nSPS) is 30.3. The molecule has 1 aliphatic rings. The molecule has 1 fully saturated rings. The average Bonchev–Trinajstić information content (AvgIpc) is 2.85. The zero-order valence-electron chi connectivity index (χ0n) is 11.2. The molecule has 0 spiro atoms. The summed E-state index contributed by atoms with van der Waals surface area (Å²) in [5, 5.41) is 9.23. The van der Waals surface area contributed by atoms with Crippen LogP contribution in [-0.4, -0.2) is 12.6 Å². The SMILES string of the molecule is CCOC(=O)C1(C#N)CC1(C)CCC=C(C)C. The van der Waals surface area contributed by atoms with Crippen LogP contribution in [0.25, 0.3) is 0 Å². The molecule has 1 aliphatic carbocycles. The monoisotopic (exact) mass is 235 g/mol. The van der Waals surface area contributed by atoms with E-state index in [4.69, 9.17) is 4.74 Å². The quantitative estimate of drug-likeness (QED) is 0.543. The van der Waals surface area contributed by atoms with E-state index >= 15 is 0 Å². The highest BCUT2D eigenvalue weighted by Gasteiger charge is 2.70. The van der Waals surface area contributed by atoms with Gasteiger partial charge in [0.05, 0.1) is 12.7 Å². The Morgan fingerprint density at radius 3 is 2.65 bits per heavy atom. The van der Waals surface area contributed by atoms with Crippen LogP contribution in [0.15, 0.2) is 11.6 Å². The highest BCUT2D eigenvalue weighted by atomic mass is 16.5. The summed E-state index contributed by atoms with van der Waals surface area (Å²) in [6.45, 7) is 8.22. The Balaban J connectivity index is 2.66. The van der Waals surface area contributed by atoms with E-state index in [0.717, 1.165) is 12.8 Å². The number of nitrogens with zero attached hydrogens (tertiary/aromatic N) is 1. The van der Waals surface area contributed by atoms with E-state index in [2.05, 4.69) is 26.0 Å². The van der Waals surface area contributed by atoms with Gasteiger partial charge >= 0.3 is 5.97 Å². The Bertz CT molecular complexity index is 376. The van der Waals surface area contributed by atoms with Gasteiger partial charge in [-0.15, -0.1) is 0 Å². The number of hydrogen-bond acceptors (Lipinski definition) is 3. The van der Waals surface area contributed by atoms with Crippen molar-refractivity contribution in [3.05, 3.63) is 11.6 Å². The third-order valence-electron chi connectivity index (χ3n) is 3.62. The molecule has 0 radical (unpaired) electrons. The largest absolute Gasteiger partial charge is 0.465 e. The van der Waals surface area contributed by atoms with Crippen molar-refractivity contribution >= 4 is 5.97 Å². The second-order valence-electron chi connectivity index (χ2n) is 5.30. The number of rotatable bonds is 5. The van der Waals surface area contributed by atoms with Crippen LogP contribution in [0.5, 0.6) is 0 Å². The lowest BCUT2D eigenvalue weighted by atomic mass is 9.91. The Morgan fingerprint density at radius 1 is 1.53 bits per heavy atom. The van der Waals surface area contributed by atoms with E-state index in [1.165, 1.54) is 5.57 Å². The van der Waals surface area contributed by atoms with Crippen LogP contribution < -0.4 is 0 Å². The molecule has 0 N–H and O–H groups in total. The first-order valence-electron chi connectivity index (χ1n) is 6.14. The molecule has 0 bridgehead atoms. The molecule has 1 saturated carbocycles.